The average molecular weight is 410 g/mol. The Morgan fingerprint density at radius 2 is 2.11 bits per heavy atom. The third kappa shape index (κ3) is 2.79. The maximum Gasteiger partial charge on any atom is 0.271 e. The van der Waals surface area contributed by atoms with Crippen LogP contribution in [-0.2, 0) is 7.05 Å². The number of hydrogen-bond donors (Lipinski definition) is 2. The molecule has 2 N–H and O–H groups in total. The number of aromatic nitrogens is 7. The number of H-pyrrole nitrogens is 1. The number of hydrogen-bond acceptors (Lipinski definition) is 6. The van der Waals surface area contributed by atoms with E-state index in [1.54, 1.807) is 41.0 Å². The summed E-state index contributed by atoms with van der Waals surface area (Å²) in [7, 11) is 3.20. The van der Waals surface area contributed by atoms with Crippen LogP contribution in [0.15, 0.2) is 24.8 Å². The molecule has 0 spiro atoms. The fourth-order valence-corrected chi connectivity index (χ4v) is 3.19. The maximum absolute atomic E-state index is 12.8. The molecule has 4 aromatic rings. The highest BCUT2D eigenvalue weighted by atomic mass is 35.5. The van der Waals surface area contributed by atoms with Crippen LogP contribution in [0.3, 0.4) is 0 Å². The number of aliphatic hydroxyl groups excluding tert-OH is 1. The lowest BCUT2D eigenvalue weighted by molar-refractivity contribution is -0.0106. The highest BCUT2D eigenvalue weighted by Crippen LogP contribution is 2.37. The van der Waals surface area contributed by atoms with E-state index >= 15 is 0 Å². The standard InChI is InChI=1S/C16H14ClF2N7O2/c1-25-8-5-7(17)16(28-2)21-9(8)10(26-4-3-20-6-26)11(25)14-22-15(24-23-14)12(27)13(18)19/h3-6,12-13,27H,1-2H3,(H,22,23,24)/t12-/m0/s1. The third-order valence-corrected chi connectivity index (χ3v) is 4.54. The Hall–Kier alpha value is -3.05. The van der Waals surface area contributed by atoms with Crippen LogP contribution in [0.1, 0.15) is 11.9 Å². The Morgan fingerprint density at radius 3 is 2.75 bits per heavy atom. The molecule has 146 valence electrons. The van der Waals surface area contributed by atoms with E-state index in [1.807, 2.05) is 0 Å². The summed E-state index contributed by atoms with van der Waals surface area (Å²) in [5, 5.41) is 17.5. The van der Waals surface area contributed by atoms with Crippen LogP contribution in [0.25, 0.3) is 28.2 Å². The molecule has 0 aromatic carbocycles. The second-order valence-electron chi connectivity index (χ2n) is 5.91. The van der Waals surface area contributed by atoms with E-state index < -0.39 is 12.5 Å². The number of ether oxygens (including phenoxy) is 1. The quantitative estimate of drug-likeness (QED) is 0.524. The molecule has 12 heteroatoms. The minimum atomic E-state index is -2.99. The number of rotatable bonds is 5. The summed E-state index contributed by atoms with van der Waals surface area (Å²) in [5.41, 5.74) is 2.24. The molecule has 4 aromatic heterocycles. The van der Waals surface area contributed by atoms with Crippen molar-refractivity contribution in [2.24, 2.45) is 7.05 Å². The number of fused-ring (bicyclic) bond motifs is 1. The van der Waals surface area contributed by atoms with Crippen molar-refractivity contribution in [2.45, 2.75) is 12.5 Å². The first-order chi connectivity index (χ1) is 13.4. The predicted octanol–water partition coefficient (Wildman–Crippen LogP) is 2.50. The van der Waals surface area contributed by atoms with Gasteiger partial charge in [-0.1, -0.05) is 11.6 Å². The summed E-state index contributed by atoms with van der Waals surface area (Å²) in [6.07, 6.45) is -0.216. The molecule has 0 radical (unpaired) electrons. The van der Waals surface area contributed by atoms with E-state index in [0.717, 1.165) is 0 Å². The van der Waals surface area contributed by atoms with Crippen molar-refractivity contribution < 1.29 is 18.6 Å². The van der Waals surface area contributed by atoms with E-state index in [9.17, 15) is 13.9 Å². The van der Waals surface area contributed by atoms with Crippen LogP contribution >= 0.6 is 11.6 Å². The van der Waals surface area contributed by atoms with Gasteiger partial charge in [-0.3, -0.25) is 0 Å². The summed E-state index contributed by atoms with van der Waals surface area (Å²) >= 11 is 6.22. The molecule has 1 atom stereocenters. The Labute approximate surface area is 161 Å². The molecule has 4 rings (SSSR count). The van der Waals surface area contributed by atoms with Gasteiger partial charge in [0.25, 0.3) is 6.43 Å². The van der Waals surface area contributed by atoms with Gasteiger partial charge >= 0.3 is 0 Å². The second-order valence-corrected chi connectivity index (χ2v) is 6.32. The SMILES string of the molecule is COc1nc2c(-n3ccnc3)c(-c3nnc([C@@H](O)C(F)F)[nH]3)n(C)c2cc1Cl. The number of aryl methyl sites for hydroxylation is 1. The topological polar surface area (TPSA) is 107 Å². The summed E-state index contributed by atoms with van der Waals surface area (Å²) in [4.78, 5) is 11.2. The van der Waals surface area contributed by atoms with Gasteiger partial charge in [-0.15, -0.1) is 10.2 Å². The molecule has 0 unspecified atom stereocenters. The van der Waals surface area contributed by atoms with Gasteiger partial charge in [-0.05, 0) is 6.07 Å². The monoisotopic (exact) mass is 409 g/mol. The van der Waals surface area contributed by atoms with Gasteiger partial charge in [0.05, 0.1) is 19.0 Å². The molecule has 0 amide bonds. The number of imidazole rings is 1. The van der Waals surface area contributed by atoms with Crippen molar-refractivity contribution in [1.82, 2.24) is 34.3 Å². The Bertz CT molecular complexity index is 1140. The maximum atomic E-state index is 12.8. The molecule has 0 fully saturated rings. The van der Waals surface area contributed by atoms with Gasteiger partial charge in [0.2, 0.25) is 5.88 Å². The molecule has 0 bridgehead atoms. The zero-order valence-electron chi connectivity index (χ0n) is 14.6. The number of pyridine rings is 1. The van der Waals surface area contributed by atoms with E-state index in [4.69, 9.17) is 16.3 Å². The molecule has 0 aliphatic heterocycles. The number of methoxy groups -OCH3 is 1. The molecule has 9 nitrogen and oxygen atoms in total. The number of aliphatic hydroxyl groups is 1. The zero-order valence-corrected chi connectivity index (χ0v) is 15.4. The van der Waals surface area contributed by atoms with Crippen LogP contribution in [0.4, 0.5) is 8.78 Å². The first-order valence-corrected chi connectivity index (χ1v) is 8.40. The normalized spacial score (nSPS) is 12.8. The summed E-state index contributed by atoms with van der Waals surface area (Å²) < 4.78 is 34.3. The molecular weight excluding hydrogens is 396 g/mol. The zero-order chi connectivity index (χ0) is 20.0. The molecule has 28 heavy (non-hydrogen) atoms. The lowest BCUT2D eigenvalue weighted by Crippen LogP contribution is -2.09. The Balaban J connectivity index is 2.00. The van der Waals surface area contributed by atoms with Gasteiger partial charge < -0.3 is 24.0 Å². The van der Waals surface area contributed by atoms with Gasteiger partial charge in [0.15, 0.2) is 17.8 Å². The lowest BCUT2D eigenvalue weighted by Gasteiger charge is -2.06. The Morgan fingerprint density at radius 1 is 1.32 bits per heavy atom. The van der Waals surface area contributed by atoms with Crippen molar-refractivity contribution in [3.8, 4) is 23.1 Å². The van der Waals surface area contributed by atoms with Crippen LogP contribution in [0.5, 0.6) is 5.88 Å². The lowest BCUT2D eigenvalue weighted by atomic mass is 10.3. The Kier molecular flexibility index (Phi) is 4.47. The van der Waals surface area contributed by atoms with Gasteiger partial charge in [-0.25, -0.2) is 18.7 Å². The average Bonchev–Trinajstić information content (AvgIpc) is 3.40. The van der Waals surface area contributed by atoms with Crippen LogP contribution < -0.4 is 4.74 Å². The molecule has 0 aliphatic carbocycles. The van der Waals surface area contributed by atoms with Gasteiger partial charge in [0, 0.05) is 19.4 Å². The minimum Gasteiger partial charge on any atom is -0.480 e. The summed E-state index contributed by atoms with van der Waals surface area (Å²) in [6, 6.07) is 1.68. The van der Waals surface area contributed by atoms with Crippen molar-refractivity contribution in [2.75, 3.05) is 7.11 Å². The summed E-state index contributed by atoms with van der Waals surface area (Å²) in [5.74, 6) is 0.0727. The van der Waals surface area contributed by atoms with E-state index in [1.165, 1.54) is 7.11 Å². The van der Waals surface area contributed by atoms with E-state index in [2.05, 4.69) is 25.1 Å². The first kappa shape index (κ1) is 18.3. The minimum absolute atomic E-state index is 0.175. The van der Waals surface area contributed by atoms with E-state index in [-0.39, 0.29) is 17.5 Å². The molecule has 4 heterocycles. The highest BCUT2D eigenvalue weighted by Gasteiger charge is 2.27. The number of aromatic amines is 1. The molecule has 0 saturated carbocycles. The fourth-order valence-electron chi connectivity index (χ4n) is 2.97. The van der Waals surface area contributed by atoms with Crippen LogP contribution in [0, 0.1) is 0 Å². The van der Waals surface area contributed by atoms with Crippen molar-refractivity contribution in [3.05, 3.63) is 35.6 Å². The van der Waals surface area contributed by atoms with E-state index in [0.29, 0.717) is 27.4 Å². The second kappa shape index (κ2) is 6.84. The smallest absolute Gasteiger partial charge is 0.271 e. The van der Waals surface area contributed by atoms with Crippen LogP contribution in [-0.4, -0.2) is 52.9 Å². The number of nitrogens with one attached hydrogen (secondary N) is 1. The van der Waals surface area contributed by atoms with Crippen molar-refractivity contribution in [1.29, 1.82) is 0 Å². The number of alkyl halides is 2. The first-order valence-electron chi connectivity index (χ1n) is 8.02. The van der Waals surface area contributed by atoms with Crippen molar-refractivity contribution >= 4 is 22.6 Å². The molecule has 0 saturated heterocycles. The molecular formula is C16H14ClF2N7O2. The van der Waals surface area contributed by atoms with Gasteiger partial charge in [0.1, 0.15) is 21.9 Å². The number of halogens is 3. The van der Waals surface area contributed by atoms with Gasteiger partial charge in [-0.2, -0.15) is 0 Å². The van der Waals surface area contributed by atoms with Crippen LogP contribution in [0.2, 0.25) is 5.02 Å². The highest BCUT2D eigenvalue weighted by molar-refractivity contribution is 6.32. The fraction of sp³-hybridized carbons (Fsp3) is 0.250. The third-order valence-electron chi connectivity index (χ3n) is 4.27. The predicted molar refractivity (Wildman–Crippen MR) is 95.7 cm³/mol. The van der Waals surface area contributed by atoms with Crippen molar-refractivity contribution in [3.63, 3.8) is 0 Å². The largest absolute Gasteiger partial charge is 0.480 e. The summed E-state index contributed by atoms with van der Waals surface area (Å²) in [6.45, 7) is 0. The number of nitrogens with zero attached hydrogens (tertiary/aromatic N) is 6. The molecule has 0 aliphatic rings.